The Balaban J connectivity index is 2.62. The Hall–Kier alpha value is -0.500. The largest absolute Gasteiger partial charge is 0.494 e. The first-order valence-corrected chi connectivity index (χ1v) is 6.06. The van der Waals surface area contributed by atoms with Crippen molar-refractivity contribution in [2.24, 2.45) is 0 Å². The van der Waals surface area contributed by atoms with Gasteiger partial charge in [-0.1, -0.05) is 41.4 Å². The molecule has 0 fully saturated rings. The third-order valence-electron chi connectivity index (χ3n) is 2.09. The summed E-state index contributed by atoms with van der Waals surface area (Å²) >= 11 is 3.67. The minimum Gasteiger partial charge on any atom is -0.494 e. The molecule has 0 amide bonds. The van der Waals surface area contributed by atoms with Crippen molar-refractivity contribution < 1.29 is 4.74 Å². The van der Waals surface area contributed by atoms with Gasteiger partial charge in [0.15, 0.2) is 0 Å². The van der Waals surface area contributed by atoms with Crippen LogP contribution in [0.1, 0.15) is 37.1 Å². The van der Waals surface area contributed by atoms with Gasteiger partial charge in [0.1, 0.15) is 5.75 Å². The van der Waals surface area contributed by atoms with Gasteiger partial charge in [-0.15, -0.1) is 0 Å². The summed E-state index contributed by atoms with van der Waals surface area (Å²) in [7, 11) is 0. The molecule has 1 unspecified atom stereocenters. The first kappa shape index (κ1) is 11.6. The molecule has 0 saturated heterocycles. The van der Waals surface area contributed by atoms with Gasteiger partial charge in [0.25, 0.3) is 0 Å². The lowest BCUT2D eigenvalue weighted by molar-refractivity contribution is 0.340. The fraction of sp³-hybridized carbons (Fsp3) is 0.500. The van der Waals surface area contributed by atoms with E-state index in [1.54, 1.807) is 0 Å². The monoisotopic (exact) mass is 256 g/mol. The molecule has 0 aliphatic rings. The molecule has 1 rings (SSSR count). The highest BCUT2D eigenvalue weighted by molar-refractivity contribution is 9.09. The van der Waals surface area contributed by atoms with Gasteiger partial charge in [-0.2, -0.15) is 0 Å². The van der Waals surface area contributed by atoms with Crippen LogP contribution in [-0.4, -0.2) is 6.61 Å². The van der Waals surface area contributed by atoms with E-state index in [2.05, 4.69) is 35.0 Å². The average molecular weight is 257 g/mol. The van der Waals surface area contributed by atoms with Crippen molar-refractivity contribution in [2.75, 3.05) is 6.61 Å². The molecule has 0 bridgehead atoms. The molecule has 78 valence electrons. The van der Waals surface area contributed by atoms with E-state index in [-0.39, 0.29) is 0 Å². The number of rotatable bonds is 5. The van der Waals surface area contributed by atoms with Crippen LogP contribution in [0.4, 0.5) is 0 Å². The van der Waals surface area contributed by atoms with Gasteiger partial charge in [-0.05, 0) is 31.0 Å². The normalized spacial score (nSPS) is 12.5. The van der Waals surface area contributed by atoms with E-state index in [9.17, 15) is 0 Å². The zero-order chi connectivity index (χ0) is 10.4. The maximum absolute atomic E-state index is 5.39. The van der Waals surface area contributed by atoms with E-state index >= 15 is 0 Å². The summed E-state index contributed by atoms with van der Waals surface area (Å²) in [6.45, 7) is 4.92. The highest BCUT2D eigenvalue weighted by atomic mass is 79.9. The summed E-state index contributed by atoms with van der Waals surface area (Å²) in [4.78, 5) is 0.475. The highest BCUT2D eigenvalue weighted by Crippen LogP contribution is 2.28. The van der Waals surface area contributed by atoms with Gasteiger partial charge < -0.3 is 4.74 Å². The quantitative estimate of drug-likeness (QED) is 0.714. The number of hydrogen-bond donors (Lipinski definition) is 0. The van der Waals surface area contributed by atoms with Crippen LogP contribution in [0.15, 0.2) is 24.3 Å². The Labute approximate surface area is 94.6 Å². The summed E-state index contributed by atoms with van der Waals surface area (Å²) < 4.78 is 5.39. The van der Waals surface area contributed by atoms with Crippen LogP contribution in [0.5, 0.6) is 5.75 Å². The molecule has 0 aliphatic carbocycles. The third kappa shape index (κ3) is 3.33. The van der Waals surface area contributed by atoms with Gasteiger partial charge in [0.2, 0.25) is 0 Å². The first-order valence-electron chi connectivity index (χ1n) is 5.14. The number of benzene rings is 1. The molecule has 0 N–H and O–H groups in total. The molecule has 0 aliphatic heterocycles. The second-order valence-electron chi connectivity index (χ2n) is 3.26. The number of ether oxygens (including phenoxy) is 1. The molecule has 2 heteroatoms. The maximum atomic E-state index is 5.39. The van der Waals surface area contributed by atoms with E-state index in [1.165, 1.54) is 18.4 Å². The molecule has 1 atom stereocenters. The Morgan fingerprint density at radius 2 is 1.86 bits per heavy atom. The van der Waals surface area contributed by atoms with Crippen molar-refractivity contribution in [3.63, 3.8) is 0 Å². The lowest BCUT2D eigenvalue weighted by Crippen LogP contribution is -1.93. The van der Waals surface area contributed by atoms with Crippen molar-refractivity contribution in [1.82, 2.24) is 0 Å². The maximum Gasteiger partial charge on any atom is 0.119 e. The smallest absolute Gasteiger partial charge is 0.119 e. The SMILES string of the molecule is CCCC(Br)c1ccc(OCC)cc1. The van der Waals surface area contributed by atoms with Gasteiger partial charge in [-0.3, -0.25) is 0 Å². The molecular weight excluding hydrogens is 240 g/mol. The second-order valence-corrected chi connectivity index (χ2v) is 4.36. The van der Waals surface area contributed by atoms with E-state index < -0.39 is 0 Å². The zero-order valence-corrected chi connectivity index (χ0v) is 10.4. The predicted octanol–water partition coefficient (Wildman–Crippen LogP) is 4.32. The molecular formula is C12H17BrO. The summed E-state index contributed by atoms with van der Waals surface area (Å²) in [6.07, 6.45) is 2.37. The fourth-order valence-corrected chi connectivity index (χ4v) is 2.12. The molecule has 0 radical (unpaired) electrons. The van der Waals surface area contributed by atoms with Crippen molar-refractivity contribution >= 4 is 15.9 Å². The summed E-state index contributed by atoms with van der Waals surface area (Å²) in [5.41, 5.74) is 1.33. The van der Waals surface area contributed by atoms with Gasteiger partial charge >= 0.3 is 0 Å². The lowest BCUT2D eigenvalue weighted by Gasteiger charge is -2.09. The van der Waals surface area contributed by atoms with Crippen LogP contribution >= 0.6 is 15.9 Å². The van der Waals surface area contributed by atoms with Crippen LogP contribution in [-0.2, 0) is 0 Å². The molecule has 0 heterocycles. The van der Waals surface area contributed by atoms with Crippen LogP contribution in [0.3, 0.4) is 0 Å². The second kappa shape index (κ2) is 6.07. The lowest BCUT2D eigenvalue weighted by atomic mass is 10.1. The molecule has 1 nitrogen and oxygen atoms in total. The van der Waals surface area contributed by atoms with Gasteiger partial charge in [0.05, 0.1) is 6.61 Å². The van der Waals surface area contributed by atoms with E-state index in [4.69, 9.17) is 4.74 Å². The number of alkyl halides is 1. The predicted molar refractivity (Wildman–Crippen MR) is 64.2 cm³/mol. The first-order chi connectivity index (χ1) is 6.77. The fourth-order valence-electron chi connectivity index (χ4n) is 1.36. The highest BCUT2D eigenvalue weighted by Gasteiger charge is 2.05. The van der Waals surface area contributed by atoms with Crippen molar-refractivity contribution in [3.05, 3.63) is 29.8 Å². The number of halogens is 1. The minimum atomic E-state index is 0.475. The van der Waals surface area contributed by atoms with Crippen LogP contribution in [0.25, 0.3) is 0 Å². The molecule has 0 aromatic heterocycles. The molecule has 14 heavy (non-hydrogen) atoms. The van der Waals surface area contributed by atoms with E-state index in [0.29, 0.717) is 4.83 Å². The van der Waals surface area contributed by atoms with Gasteiger partial charge in [-0.25, -0.2) is 0 Å². The van der Waals surface area contributed by atoms with Crippen molar-refractivity contribution in [2.45, 2.75) is 31.5 Å². The van der Waals surface area contributed by atoms with Crippen molar-refractivity contribution in [3.8, 4) is 5.75 Å². The minimum absolute atomic E-state index is 0.475. The van der Waals surface area contributed by atoms with Crippen LogP contribution < -0.4 is 4.74 Å². The standard InChI is InChI=1S/C12H17BrO/c1-3-5-12(13)10-6-8-11(9-7-10)14-4-2/h6-9,12H,3-5H2,1-2H3. The summed E-state index contributed by atoms with van der Waals surface area (Å²) in [6, 6.07) is 8.31. The topological polar surface area (TPSA) is 9.23 Å². The zero-order valence-electron chi connectivity index (χ0n) is 8.79. The average Bonchev–Trinajstić information content (AvgIpc) is 2.20. The third-order valence-corrected chi connectivity index (χ3v) is 3.08. The number of hydrogen-bond acceptors (Lipinski definition) is 1. The Morgan fingerprint density at radius 3 is 2.36 bits per heavy atom. The summed E-state index contributed by atoms with van der Waals surface area (Å²) in [5, 5.41) is 0. The van der Waals surface area contributed by atoms with Crippen LogP contribution in [0, 0.1) is 0 Å². The molecule has 0 spiro atoms. The summed E-state index contributed by atoms with van der Waals surface area (Å²) in [5.74, 6) is 0.951. The van der Waals surface area contributed by atoms with Gasteiger partial charge in [0, 0.05) is 4.83 Å². The Kier molecular flexibility index (Phi) is 5.02. The van der Waals surface area contributed by atoms with E-state index in [0.717, 1.165) is 12.4 Å². The molecule has 0 saturated carbocycles. The molecule has 1 aromatic carbocycles. The van der Waals surface area contributed by atoms with E-state index in [1.807, 2.05) is 19.1 Å². The Morgan fingerprint density at radius 1 is 1.21 bits per heavy atom. The Bertz CT molecular complexity index is 256. The molecule has 1 aromatic rings. The van der Waals surface area contributed by atoms with Crippen LogP contribution in [0.2, 0.25) is 0 Å². The van der Waals surface area contributed by atoms with Crippen molar-refractivity contribution in [1.29, 1.82) is 0 Å².